The second kappa shape index (κ2) is 11.5. The van der Waals surface area contributed by atoms with Crippen molar-refractivity contribution in [3.8, 4) is 11.5 Å². The summed E-state index contributed by atoms with van der Waals surface area (Å²) in [7, 11) is 0. The molecule has 0 saturated carbocycles. The molecule has 4 aromatic rings. The van der Waals surface area contributed by atoms with Crippen LogP contribution in [0, 0.1) is 0 Å². The van der Waals surface area contributed by atoms with E-state index in [-0.39, 0.29) is 23.7 Å². The lowest BCUT2D eigenvalue weighted by Crippen LogP contribution is -2.30. The largest absolute Gasteiger partial charge is 0.457 e. The maximum Gasteiger partial charge on any atom is 0.273 e. The summed E-state index contributed by atoms with van der Waals surface area (Å²) in [6, 6.07) is 27.8. The molecule has 0 spiro atoms. The second-order valence-corrected chi connectivity index (χ2v) is 8.79. The van der Waals surface area contributed by atoms with Crippen LogP contribution in [0.5, 0.6) is 11.5 Å². The van der Waals surface area contributed by atoms with E-state index in [1.54, 1.807) is 0 Å². The molecule has 1 unspecified atom stereocenters. The Bertz CT molecular complexity index is 1220. The number of nitrogens with one attached hydrogen (secondary N) is 1. The molecule has 1 aromatic heterocycles. The summed E-state index contributed by atoms with van der Waals surface area (Å²) in [4.78, 5) is 19.4. The summed E-state index contributed by atoms with van der Waals surface area (Å²) >= 11 is 0. The first kappa shape index (κ1) is 24.2. The van der Waals surface area contributed by atoms with E-state index < -0.39 is 0 Å². The van der Waals surface area contributed by atoms with Crippen LogP contribution in [0.1, 0.15) is 54.3 Å². The lowest BCUT2D eigenvalue weighted by atomic mass is 10.1. The first-order valence-corrected chi connectivity index (χ1v) is 11.8. The molecular formula is C29H31N3O3. The molecular weight excluding hydrogens is 438 g/mol. The monoisotopic (exact) mass is 469 g/mol. The molecule has 4 rings (SSSR count). The van der Waals surface area contributed by atoms with E-state index >= 15 is 0 Å². The van der Waals surface area contributed by atoms with Crippen molar-refractivity contribution in [3.05, 3.63) is 114 Å². The van der Waals surface area contributed by atoms with Gasteiger partial charge in [-0.05, 0) is 56.2 Å². The molecule has 0 saturated heterocycles. The van der Waals surface area contributed by atoms with Gasteiger partial charge in [0, 0.05) is 12.6 Å². The number of benzene rings is 3. The summed E-state index contributed by atoms with van der Waals surface area (Å²) in [5.74, 6) is 1.85. The Labute approximate surface area is 206 Å². The van der Waals surface area contributed by atoms with Gasteiger partial charge in [-0.2, -0.15) is 0 Å². The van der Waals surface area contributed by atoms with Crippen LogP contribution in [0.25, 0.3) is 0 Å². The van der Waals surface area contributed by atoms with Gasteiger partial charge >= 0.3 is 0 Å². The maximum atomic E-state index is 12.7. The molecule has 0 bridgehead atoms. The van der Waals surface area contributed by atoms with Crippen molar-refractivity contribution in [2.75, 3.05) is 0 Å². The van der Waals surface area contributed by atoms with E-state index in [9.17, 15) is 4.79 Å². The summed E-state index contributed by atoms with van der Waals surface area (Å²) in [5, 5.41) is 2.98. The number of aromatic nitrogens is 1. The highest BCUT2D eigenvalue weighted by atomic mass is 16.5. The van der Waals surface area contributed by atoms with Crippen molar-refractivity contribution >= 4 is 5.91 Å². The molecule has 0 radical (unpaired) electrons. The summed E-state index contributed by atoms with van der Waals surface area (Å²) in [6.45, 7) is 7.39. The van der Waals surface area contributed by atoms with Gasteiger partial charge < -0.3 is 14.5 Å². The number of nitrogens with zero attached hydrogens (tertiary/aromatic N) is 2. The molecule has 35 heavy (non-hydrogen) atoms. The van der Waals surface area contributed by atoms with Crippen LogP contribution in [0.2, 0.25) is 0 Å². The van der Waals surface area contributed by atoms with E-state index in [4.69, 9.17) is 9.15 Å². The van der Waals surface area contributed by atoms with Crippen LogP contribution < -0.4 is 10.1 Å². The van der Waals surface area contributed by atoms with Gasteiger partial charge in [-0.3, -0.25) is 9.69 Å². The fraction of sp³-hybridized carbons (Fsp3) is 0.241. The number of oxazole rings is 1. The zero-order chi connectivity index (χ0) is 24.6. The Hall–Kier alpha value is -3.90. The molecule has 0 aliphatic carbocycles. The minimum atomic E-state index is -0.252. The third-order valence-electron chi connectivity index (χ3n) is 5.76. The number of amides is 1. The number of ether oxygens (including phenoxy) is 1. The third-order valence-corrected chi connectivity index (χ3v) is 5.76. The van der Waals surface area contributed by atoms with Crippen molar-refractivity contribution in [3.63, 3.8) is 0 Å². The number of hydrogen-bond donors (Lipinski definition) is 1. The van der Waals surface area contributed by atoms with Gasteiger partial charge in [0.25, 0.3) is 5.91 Å². The van der Waals surface area contributed by atoms with Gasteiger partial charge in [-0.1, -0.05) is 60.7 Å². The Morgan fingerprint density at radius 3 is 2.31 bits per heavy atom. The average molecular weight is 470 g/mol. The normalized spacial score (nSPS) is 12.0. The molecule has 6 nitrogen and oxygen atoms in total. The molecule has 1 heterocycles. The molecule has 0 aliphatic heterocycles. The third kappa shape index (κ3) is 6.80. The number of rotatable bonds is 10. The van der Waals surface area contributed by atoms with Crippen LogP contribution in [0.3, 0.4) is 0 Å². The van der Waals surface area contributed by atoms with E-state index in [0.717, 1.165) is 22.6 Å². The van der Waals surface area contributed by atoms with Gasteiger partial charge in [0.15, 0.2) is 5.69 Å². The maximum absolute atomic E-state index is 12.7. The topological polar surface area (TPSA) is 67.6 Å². The second-order valence-electron chi connectivity index (χ2n) is 8.79. The van der Waals surface area contributed by atoms with Crippen molar-refractivity contribution in [2.24, 2.45) is 0 Å². The standard InChI is InChI=1S/C29H31N3O3/c1-21(2)32(18-23-11-10-16-26(17-23)35-25-14-8-5-9-15-25)19-28-31-27(20-34-28)29(33)30-22(3)24-12-6-4-7-13-24/h4-17,20-22H,18-19H2,1-3H3,(H,30,33). The first-order valence-electron chi connectivity index (χ1n) is 11.8. The SMILES string of the molecule is CC(NC(=O)c1coc(CN(Cc2cccc(Oc3ccccc3)c2)C(C)C)n1)c1ccccc1. The highest BCUT2D eigenvalue weighted by Gasteiger charge is 2.19. The quantitative estimate of drug-likeness (QED) is 0.292. The van der Waals surface area contributed by atoms with E-state index in [0.29, 0.717) is 19.0 Å². The highest BCUT2D eigenvalue weighted by Crippen LogP contribution is 2.23. The predicted molar refractivity (Wildman–Crippen MR) is 136 cm³/mol. The molecule has 180 valence electrons. The van der Waals surface area contributed by atoms with Crippen LogP contribution in [-0.2, 0) is 13.1 Å². The Balaban J connectivity index is 1.39. The fourth-order valence-electron chi connectivity index (χ4n) is 3.74. The molecule has 0 fully saturated rings. The molecule has 1 amide bonds. The highest BCUT2D eigenvalue weighted by molar-refractivity contribution is 5.92. The lowest BCUT2D eigenvalue weighted by Gasteiger charge is -2.25. The number of para-hydroxylation sites is 1. The van der Waals surface area contributed by atoms with Gasteiger partial charge in [0.1, 0.15) is 17.8 Å². The average Bonchev–Trinajstić information content (AvgIpc) is 3.34. The Morgan fingerprint density at radius 1 is 0.914 bits per heavy atom. The number of carbonyl (C=O) groups excluding carboxylic acids is 1. The molecule has 1 N–H and O–H groups in total. The number of carbonyl (C=O) groups is 1. The Kier molecular flexibility index (Phi) is 7.95. The van der Waals surface area contributed by atoms with Crippen molar-refractivity contribution in [1.29, 1.82) is 0 Å². The van der Waals surface area contributed by atoms with Crippen molar-refractivity contribution < 1.29 is 13.9 Å². The van der Waals surface area contributed by atoms with Gasteiger partial charge in [0.2, 0.25) is 5.89 Å². The molecule has 6 heteroatoms. The number of hydrogen-bond acceptors (Lipinski definition) is 5. The van der Waals surface area contributed by atoms with Gasteiger partial charge in [0.05, 0.1) is 12.6 Å². The zero-order valence-electron chi connectivity index (χ0n) is 20.3. The minimum absolute atomic E-state index is 0.124. The molecule has 3 aromatic carbocycles. The zero-order valence-corrected chi connectivity index (χ0v) is 20.3. The van der Waals surface area contributed by atoms with Gasteiger partial charge in [-0.25, -0.2) is 4.98 Å². The van der Waals surface area contributed by atoms with Crippen LogP contribution >= 0.6 is 0 Å². The van der Waals surface area contributed by atoms with E-state index in [1.807, 2.05) is 85.8 Å². The van der Waals surface area contributed by atoms with Crippen LogP contribution in [0.4, 0.5) is 0 Å². The molecule has 0 aliphatic rings. The summed E-state index contributed by atoms with van der Waals surface area (Å²) < 4.78 is 11.6. The van der Waals surface area contributed by atoms with E-state index in [2.05, 4.69) is 35.1 Å². The van der Waals surface area contributed by atoms with Crippen LogP contribution in [-0.4, -0.2) is 21.8 Å². The Morgan fingerprint density at radius 2 is 1.60 bits per heavy atom. The minimum Gasteiger partial charge on any atom is -0.457 e. The lowest BCUT2D eigenvalue weighted by molar-refractivity contribution is 0.0934. The summed E-state index contributed by atoms with van der Waals surface area (Å²) in [6.07, 6.45) is 1.43. The first-order chi connectivity index (χ1) is 17.0. The van der Waals surface area contributed by atoms with Crippen LogP contribution in [0.15, 0.2) is 95.6 Å². The van der Waals surface area contributed by atoms with E-state index in [1.165, 1.54) is 6.26 Å². The fourth-order valence-corrected chi connectivity index (χ4v) is 3.74. The van der Waals surface area contributed by atoms with Crippen molar-refractivity contribution in [1.82, 2.24) is 15.2 Å². The smallest absolute Gasteiger partial charge is 0.273 e. The summed E-state index contributed by atoms with van der Waals surface area (Å²) in [5.41, 5.74) is 2.44. The predicted octanol–water partition coefficient (Wildman–Crippen LogP) is 6.37. The molecule has 1 atom stereocenters. The van der Waals surface area contributed by atoms with Gasteiger partial charge in [-0.15, -0.1) is 0 Å². The van der Waals surface area contributed by atoms with Crippen molar-refractivity contribution in [2.45, 2.75) is 45.9 Å².